The molecular weight excluding hydrogens is 426 g/mol. The number of aromatic nitrogens is 4. The van der Waals surface area contributed by atoms with Gasteiger partial charge in [0.2, 0.25) is 0 Å². The van der Waals surface area contributed by atoms with Crippen molar-refractivity contribution in [1.29, 1.82) is 0 Å². The lowest BCUT2D eigenvalue weighted by Gasteiger charge is -2.43. The van der Waals surface area contributed by atoms with E-state index in [4.69, 9.17) is 9.84 Å². The Balaban J connectivity index is 1.28. The van der Waals surface area contributed by atoms with Crippen LogP contribution in [0, 0.1) is 0 Å². The Morgan fingerprint density at radius 1 is 1.15 bits per heavy atom. The van der Waals surface area contributed by atoms with Crippen molar-refractivity contribution in [2.75, 3.05) is 44.8 Å². The average molecular weight is 460 g/mol. The van der Waals surface area contributed by atoms with Crippen molar-refractivity contribution in [2.45, 2.75) is 50.1 Å². The third kappa shape index (κ3) is 3.69. The molecule has 3 aliphatic rings. The number of benzene rings is 1. The fourth-order valence-corrected chi connectivity index (χ4v) is 5.94. The van der Waals surface area contributed by atoms with Gasteiger partial charge in [-0.15, -0.1) is 0 Å². The van der Waals surface area contributed by atoms with Crippen LogP contribution in [-0.2, 0) is 10.2 Å². The predicted octanol–water partition coefficient (Wildman–Crippen LogP) is 3.24. The molecular formula is C26H33N7O. The molecule has 8 heteroatoms. The van der Waals surface area contributed by atoms with Crippen molar-refractivity contribution in [3.05, 3.63) is 42.4 Å². The second-order valence-electron chi connectivity index (χ2n) is 10.0. The molecule has 2 atom stereocenters. The number of anilines is 1. The van der Waals surface area contributed by atoms with Crippen LogP contribution < -0.4 is 4.90 Å². The summed E-state index contributed by atoms with van der Waals surface area (Å²) in [6, 6.07) is 9.78. The predicted molar refractivity (Wildman–Crippen MR) is 134 cm³/mol. The quantitative estimate of drug-likeness (QED) is 0.546. The average Bonchev–Trinajstić information content (AvgIpc) is 3.51. The van der Waals surface area contributed by atoms with Crippen LogP contribution in [-0.4, -0.2) is 82.8 Å². The highest BCUT2D eigenvalue weighted by Gasteiger charge is 2.37. The fourth-order valence-electron chi connectivity index (χ4n) is 5.94. The maximum atomic E-state index is 5.62. The number of hydrogen-bond acceptors (Lipinski definition) is 7. The maximum Gasteiger partial charge on any atom is 0.159 e. The van der Waals surface area contributed by atoms with Gasteiger partial charge in [0.1, 0.15) is 12.1 Å². The standard InChI is InChI=1S/C26H33N7O/c1-19-15-31(9-10-32(19)22-6-11-34-16-22)24-13-25(29-18-28-24)33-23-12-21(5-4-20(23)14-30-33)26(17-27-2)7-3-8-26/h4-5,12-14,17-19,22H,3,6-11,15-16H2,1-2H3/t19-,22?/m1/s1. The van der Waals surface area contributed by atoms with Gasteiger partial charge in [-0.3, -0.25) is 9.89 Å². The molecule has 1 aromatic carbocycles. The molecule has 1 saturated carbocycles. The van der Waals surface area contributed by atoms with E-state index in [0.717, 1.165) is 74.6 Å². The van der Waals surface area contributed by atoms with Crippen LogP contribution in [0.2, 0.25) is 0 Å². The zero-order chi connectivity index (χ0) is 23.1. The molecule has 0 bridgehead atoms. The van der Waals surface area contributed by atoms with Crippen molar-refractivity contribution in [3.8, 4) is 5.82 Å². The van der Waals surface area contributed by atoms with Gasteiger partial charge < -0.3 is 9.64 Å². The molecule has 178 valence electrons. The number of nitrogens with zero attached hydrogens (tertiary/aromatic N) is 7. The molecule has 8 nitrogen and oxygen atoms in total. The Labute approximate surface area is 200 Å². The first-order valence-electron chi connectivity index (χ1n) is 12.5. The summed E-state index contributed by atoms with van der Waals surface area (Å²) in [5.74, 6) is 1.77. The van der Waals surface area contributed by atoms with Crippen LogP contribution in [0.1, 0.15) is 38.2 Å². The summed E-state index contributed by atoms with van der Waals surface area (Å²) in [4.78, 5) is 18.6. The molecule has 0 N–H and O–H groups in total. The topological polar surface area (TPSA) is 71.7 Å². The maximum absolute atomic E-state index is 5.62. The first-order chi connectivity index (χ1) is 16.7. The van der Waals surface area contributed by atoms with Gasteiger partial charge >= 0.3 is 0 Å². The number of piperazine rings is 1. The van der Waals surface area contributed by atoms with Gasteiger partial charge in [0, 0.05) is 68.5 Å². The summed E-state index contributed by atoms with van der Waals surface area (Å²) in [5, 5.41) is 5.81. The zero-order valence-corrected chi connectivity index (χ0v) is 20.1. The number of ether oxygens (including phenoxy) is 1. The van der Waals surface area contributed by atoms with E-state index < -0.39 is 0 Å². The molecule has 3 aromatic rings. The largest absolute Gasteiger partial charge is 0.380 e. The number of hydrogen-bond donors (Lipinski definition) is 0. The van der Waals surface area contributed by atoms with Crippen molar-refractivity contribution in [2.24, 2.45) is 4.99 Å². The van der Waals surface area contributed by atoms with Gasteiger partial charge in [0.15, 0.2) is 5.82 Å². The first-order valence-corrected chi connectivity index (χ1v) is 12.5. The molecule has 0 amide bonds. The summed E-state index contributed by atoms with van der Waals surface area (Å²) < 4.78 is 7.58. The second-order valence-corrected chi connectivity index (χ2v) is 10.0. The molecule has 2 aliphatic heterocycles. The molecule has 34 heavy (non-hydrogen) atoms. The normalized spacial score (nSPS) is 25.3. The highest BCUT2D eigenvalue weighted by atomic mass is 16.5. The molecule has 0 radical (unpaired) electrons. The van der Waals surface area contributed by atoms with Crippen LogP contribution in [0.5, 0.6) is 0 Å². The first kappa shape index (κ1) is 21.7. The molecule has 1 aliphatic carbocycles. The van der Waals surface area contributed by atoms with Gasteiger partial charge in [-0.05, 0) is 37.8 Å². The molecule has 0 spiro atoms. The SMILES string of the molecule is CN=CC1(c2ccc3cnn(-c4cc(N5CCN(C6CCOC6)[C@H](C)C5)ncn4)c3c2)CCC1. The van der Waals surface area contributed by atoms with E-state index >= 15 is 0 Å². The molecule has 4 heterocycles. The van der Waals surface area contributed by atoms with E-state index in [-0.39, 0.29) is 5.41 Å². The molecule has 1 unspecified atom stereocenters. The Bertz CT molecular complexity index is 1190. The lowest BCUT2D eigenvalue weighted by atomic mass is 9.65. The van der Waals surface area contributed by atoms with Gasteiger partial charge in [-0.25, -0.2) is 14.6 Å². The third-order valence-electron chi connectivity index (χ3n) is 8.00. The Morgan fingerprint density at radius 2 is 2.03 bits per heavy atom. The van der Waals surface area contributed by atoms with E-state index in [0.29, 0.717) is 12.1 Å². The monoisotopic (exact) mass is 459 g/mol. The number of fused-ring (bicyclic) bond motifs is 1. The second kappa shape index (κ2) is 8.74. The molecule has 3 fully saturated rings. The highest BCUT2D eigenvalue weighted by molar-refractivity contribution is 5.84. The number of rotatable bonds is 5. The third-order valence-corrected chi connectivity index (χ3v) is 8.00. The molecule has 2 saturated heterocycles. The van der Waals surface area contributed by atoms with Crippen molar-refractivity contribution < 1.29 is 4.74 Å². The van der Waals surface area contributed by atoms with Crippen molar-refractivity contribution in [3.63, 3.8) is 0 Å². The van der Waals surface area contributed by atoms with Crippen LogP contribution in [0.3, 0.4) is 0 Å². The van der Waals surface area contributed by atoms with Gasteiger partial charge in [0.25, 0.3) is 0 Å². The Kier molecular flexibility index (Phi) is 5.57. The highest BCUT2D eigenvalue weighted by Crippen LogP contribution is 2.43. The lowest BCUT2D eigenvalue weighted by Crippen LogP contribution is -2.55. The summed E-state index contributed by atoms with van der Waals surface area (Å²) in [7, 11) is 1.87. The van der Waals surface area contributed by atoms with Crippen molar-refractivity contribution in [1.82, 2.24) is 24.6 Å². The van der Waals surface area contributed by atoms with Crippen LogP contribution >= 0.6 is 0 Å². The fraction of sp³-hybridized carbons (Fsp3) is 0.538. The van der Waals surface area contributed by atoms with Crippen LogP contribution in [0.25, 0.3) is 16.7 Å². The summed E-state index contributed by atoms with van der Waals surface area (Å²) in [6.45, 7) is 7.01. The van der Waals surface area contributed by atoms with Crippen molar-refractivity contribution >= 4 is 22.9 Å². The minimum Gasteiger partial charge on any atom is -0.380 e. The van der Waals surface area contributed by atoms with Gasteiger partial charge in [-0.2, -0.15) is 5.10 Å². The number of aliphatic imine (C=N–C) groups is 1. The summed E-state index contributed by atoms with van der Waals surface area (Å²) in [6.07, 6.45) is 10.4. The Morgan fingerprint density at radius 3 is 2.76 bits per heavy atom. The van der Waals surface area contributed by atoms with E-state index in [1.807, 2.05) is 17.9 Å². The van der Waals surface area contributed by atoms with E-state index in [1.54, 1.807) is 6.33 Å². The minimum atomic E-state index is 0.0645. The van der Waals surface area contributed by atoms with Crippen LogP contribution in [0.4, 0.5) is 5.82 Å². The lowest BCUT2D eigenvalue weighted by molar-refractivity contribution is 0.105. The van der Waals surface area contributed by atoms with E-state index in [9.17, 15) is 0 Å². The van der Waals surface area contributed by atoms with E-state index in [1.165, 1.54) is 12.0 Å². The molecule has 2 aromatic heterocycles. The summed E-state index contributed by atoms with van der Waals surface area (Å²) >= 11 is 0. The molecule has 6 rings (SSSR count). The van der Waals surface area contributed by atoms with Crippen LogP contribution in [0.15, 0.2) is 41.8 Å². The summed E-state index contributed by atoms with van der Waals surface area (Å²) in [5.41, 5.74) is 2.46. The van der Waals surface area contributed by atoms with E-state index in [2.05, 4.69) is 62.2 Å². The van der Waals surface area contributed by atoms with Gasteiger partial charge in [-0.1, -0.05) is 18.6 Å². The zero-order valence-electron chi connectivity index (χ0n) is 20.1. The minimum absolute atomic E-state index is 0.0645. The van der Waals surface area contributed by atoms with Gasteiger partial charge in [0.05, 0.1) is 18.3 Å². The smallest absolute Gasteiger partial charge is 0.159 e. The Hall–Kier alpha value is -2.84.